The summed E-state index contributed by atoms with van der Waals surface area (Å²) in [5, 5.41) is 13.5. The molecule has 2 heterocycles. The number of ether oxygens (including phenoxy) is 1. The summed E-state index contributed by atoms with van der Waals surface area (Å²) in [6, 6.07) is 1.73. The van der Waals surface area contributed by atoms with Crippen molar-refractivity contribution in [3.05, 3.63) is 27.1 Å². The Morgan fingerprint density at radius 1 is 1.26 bits per heavy atom. The number of alkyl halides is 3. The fourth-order valence-electron chi connectivity index (χ4n) is 3.39. The molecule has 3 rings (SSSR count). The molecule has 31 heavy (non-hydrogen) atoms. The van der Waals surface area contributed by atoms with Gasteiger partial charge >= 0.3 is 12.1 Å². The molecular weight excluding hydrogens is 487 g/mol. The Morgan fingerprint density at radius 3 is 2.39 bits per heavy atom. The SMILES string of the molecule is Cn1cc(Br)c(OC2CCC(NC(=O)[C@@H]3CCCN3)CC2)cc1=O.O=C(O)C(F)(F)F. The number of carbonyl (C=O) groups excluding carboxylic acids is 1. The maximum Gasteiger partial charge on any atom is 0.490 e. The minimum atomic E-state index is -5.08. The van der Waals surface area contributed by atoms with Crippen LogP contribution in [0.2, 0.25) is 0 Å². The van der Waals surface area contributed by atoms with Gasteiger partial charge in [-0.15, -0.1) is 0 Å². The number of nitrogens with one attached hydrogen (secondary N) is 2. The molecule has 1 saturated carbocycles. The van der Waals surface area contributed by atoms with Crippen LogP contribution in [-0.2, 0) is 16.6 Å². The zero-order valence-corrected chi connectivity index (χ0v) is 18.5. The number of amides is 1. The highest BCUT2D eigenvalue weighted by atomic mass is 79.9. The first-order valence-corrected chi connectivity index (χ1v) is 10.6. The van der Waals surface area contributed by atoms with Gasteiger partial charge in [-0.25, -0.2) is 4.79 Å². The Kier molecular flexibility index (Phi) is 8.92. The van der Waals surface area contributed by atoms with Gasteiger partial charge < -0.3 is 25.0 Å². The van der Waals surface area contributed by atoms with Crippen molar-refractivity contribution in [1.29, 1.82) is 0 Å². The Balaban J connectivity index is 0.000000423. The van der Waals surface area contributed by atoms with E-state index in [1.165, 1.54) is 10.6 Å². The van der Waals surface area contributed by atoms with Crippen molar-refractivity contribution in [3.63, 3.8) is 0 Å². The highest BCUT2D eigenvalue weighted by Gasteiger charge is 2.38. The zero-order chi connectivity index (χ0) is 23.2. The molecule has 0 aromatic carbocycles. The van der Waals surface area contributed by atoms with Crippen LogP contribution >= 0.6 is 15.9 Å². The standard InChI is InChI=1S/C17H24BrN3O3.C2HF3O2/c1-21-10-13(18)15(9-16(21)22)24-12-6-4-11(5-7-12)20-17(23)14-3-2-8-19-14;3-2(4,5)1(6)7/h9-12,14,19H,2-8H2,1H3,(H,20,23);(H,6,7)/t11?,12?,14-;/m0./s1. The van der Waals surface area contributed by atoms with Gasteiger partial charge in [0.25, 0.3) is 5.56 Å². The number of aromatic nitrogens is 1. The number of carboxylic acids is 1. The van der Waals surface area contributed by atoms with Crippen molar-refractivity contribution in [2.75, 3.05) is 6.54 Å². The van der Waals surface area contributed by atoms with E-state index in [0.29, 0.717) is 5.75 Å². The summed E-state index contributed by atoms with van der Waals surface area (Å²) in [6.07, 6.45) is 2.31. The van der Waals surface area contributed by atoms with Gasteiger partial charge in [0.05, 0.1) is 16.6 Å². The number of carbonyl (C=O) groups is 2. The number of halogens is 4. The molecule has 1 atom stereocenters. The molecule has 1 aromatic rings. The number of rotatable bonds is 4. The van der Waals surface area contributed by atoms with Crippen molar-refractivity contribution < 1.29 is 32.6 Å². The lowest BCUT2D eigenvalue weighted by atomic mass is 9.92. The average molecular weight is 512 g/mol. The normalized spacial score (nSPS) is 23.5. The van der Waals surface area contributed by atoms with E-state index in [4.69, 9.17) is 14.6 Å². The number of hydrogen-bond donors (Lipinski definition) is 3. The number of hydrogen-bond acceptors (Lipinski definition) is 5. The van der Waals surface area contributed by atoms with E-state index < -0.39 is 12.1 Å². The van der Waals surface area contributed by atoms with Crippen LogP contribution in [0.4, 0.5) is 13.2 Å². The number of aliphatic carboxylic acids is 1. The maximum absolute atomic E-state index is 12.2. The van der Waals surface area contributed by atoms with Crippen LogP contribution in [0.1, 0.15) is 38.5 Å². The highest BCUT2D eigenvalue weighted by molar-refractivity contribution is 9.10. The summed E-state index contributed by atoms with van der Waals surface area (Å²) in [6.45, 7) is 0.935. The molecule has 174 valence electrons. The van der Waals surface area contributed by atoms with Crippen molar-refractivity contribution in [2.45, 2.75) is 62.9 Å². The molecule has 0 spiro atoms. The first-order chi connectivity index (χ1) is 14.5. The minimum Gasteiger partial charge on any atom is -0.489 e. The molecule has 1 saturated heterocycles. The summed E-state index contributed by atoms with van der Waals surface area (Å²) >= 11 is 3.44. The van der Waals surface area contributed by atoms with Gasteiger partial charge in [0.1, 0.15) is 5.75 Å². The summed E-state index contributed by atoms with van der Waals surface area (Å²) < 4.78 is 40.0. The van der Waals surface area contributed by atoms with Gasteiger partial charge in [0.2, 0.25) is 5.91 Å². The first-order valence-electron chi connectivity index (χ1n) is 9.84. The molecule has 1 aliphatic heterocycles. The zero-order valence-electron chi connectivity index (χ0n) is 16.9. The molecule has 0 radical (unpaired) electrons. The number of aryl methyl sites for hydroxylation is 1. The van der Waals surface area contributed by atoms with Crippen LogP contribution in [0.25, 0.3) is 0 Å². The molecular formula is C19H25BrF3N3O5. The third-order valence-electron chi connectivity index (χ3n) is 5.08. The quantitative estimate of drug-likeness (QED) is 0.572. The molecule has 8 nitrogen and oxygen atoms in total. The summed E-state index contributed by atoms with van der Waals surface area (Å²) in [5.74, 6) is -2.03. The second-order valence-electron chi connectivity index (χ2n) is 7.49. The minimum absolute atomic E-state index is 0.0181. The third-order valence-corrected chi connectivity index (χ3v) is 5.67. The summed E-state index contributed by atoms with van der Waals surface area (Å²) in [5.41, 5.74) is -0.0850. The van der Waals surface area contributed by atoms with Gasteiger partial charge in [-0.3, -0.25) is 9.59 Å². The largest absolute Gasteiger partial charge is 0.490 e. The smallest absolute Gasteiger partial charge is 0.489 e. The maximum atomic E-state index is 12.2. The van der Waals surface area contributed by atoms with E-state index in [1.807, 2.05) is 0 Å². The van der Waals surface area contributed by atoms with Crippen LogP contribution in [0, 0.1) is 0 Å². The van der Waals surface area contributed by atoms with Crippen LogP contribution in [0.3, 0.4) is 0 Å². The molecule has 0 unspecified atom stereocenters. The predicted octanol–water partition coefficient (Wildman–Crippen LogP) is 2.34. The summed E-state index contributed by atoms with van der Waals surface area (Å²) in [7, 11) is 1.71. The fourth-order valence-corrected chi connectivity index (χ4v) is 3.90. The first kappa shape index (κ1) is 25.2. The second kappa shape index (κ2) is 11.0. The third kappa shape index (κ3) is 7.84. The van der Waals surface area contributed by atoms with Crippen LogP contribution < -0.4 is 20.9 Å². The van der Waals surface area contributed by atoms with Gasteiger partial charge in [-0.05, 0) is 61.0 Å². The van der Waals surface area contributed by atoms with Crippen LogP contribution in [0.15, 0.2) is 21.5 Å². The van der Waals surface area contributed by atoms with E-state index in [1.54, 1.807) is 13.2 Å². The average Bonchev–Trinajstić information content (AvgIpc) is 3.22. The Hall–Kier alpha value is -2.08. The highest BCUT2D eigenvalue weighted by Crippen LogP contribution is 2.28. The fraction of sp³-hybridized carbons (Fsp3) is 0.632. The topological polar surface area (TPSA) is 110 Å². The van der Waals surface area contributed by atoms with Crippen molar-refractivity contribution in [1.82, 2.24) is 15.2 Å². The van der Waals surface area contributed by atoms with E-state index >= 15 is 0 Å². The predicted molar refractivity (Wildman–Crippen MR) is 109 cm³/mol. The Bertz CT molecular complexity index is 832. The monoisotopic (exact) mass is 511 g/mol. The number of carboxylic acid groups (broad SMARTS) is 1. The lowest BCUT2D eigenvalue weighted by molar-refractivity contribution is -0.192. The lowest BCUT2D eigenvalue weighted by Gasteiger charge is -2.30. The molecule has 1 aliphatic carbocycles. The van der Waals surface area contributed by atoms with Crippen molar-refractivity contribution in [2.24, 2.45) is 7.05 Å². The Labute approximate surface area is 185 Å². The second-order valence-corrected chi connectivity index (χ2v) is 8.34. The van der Waals surface area contributed by atoms with Gasteiger partial charge in [0, 0.05) is 25.4 Å². The van der Waals surface area contributed by atoms with E-state index in [0.717, 1.165) is 49.5 Å². The number of pyridine rings is 1. The molecule has 2 fully saturated rings. The molecule has 0 bridgehead atoms. The van der Waals surface area contributed by atoms with Gasteiger partial charge in [-0.2, -0.15) is 13.2 Å². The van der Waals surface area contributed by atoms with E-state index in [-0.39, 0.29) is 29.7 Å². The molecule has 12 heteroatoms. The summed E-state index contributed by atoms with van der Waals surface area (Å²) in [4.78, 5) is 32.8. The van der Waals surface area contributed by atoms with E-state index in [9.17, 15) is 22.8 Å². The molecule has 1 aromatic heterocycles. The molecule has 3 N–H and O–H groups in total. The van der Waals surface area contributed by atoms with Gasteiger partial charge in [-0.1, -0.05) is 0 Å². The van der Waals surface area contributed by atoms with Crippen LogP contribution in [-0.4, -0.2) is 52.5 Å². The van der Waals surface area contributed by atoms with Crippen molar-refractivity contribution >= 4 is 27.8 Å². The number of nitrogens with zero attached hydrogens (tertiary/aromatic N) is 1. The van der Waals surface area contributed by atoms with Crippen LogP contribution in [0.5, 0.6) is 5.75 Å². The van der Waals surface area contributed by atoms with E-state index in [2.05, 4.69) is 26.6 Å². The van der Waals surface area contributed by atoms with Gasteiger partial charge in [0.15, 0.2) is 0 Å². The molecule has 2 aliphatic rings. The molecule has 1 amide bonds. The Morgan fingerprint density at radius 2 is 1.87 bits per heavy atom. The lowest BCUT2D eigenvalue weighted by Crippen LogP contribution is -2.47. The van der Waals surface area contributed by atoms with Crippen molar-refractivity contribution in [3.8, 4) is 5.75 Å².